The Hall–Kier alpha value is -1.10. The summed E-state index contributed by atoms with van der Waals surface area (Å²) < 4.78 is 13.1. The Kier molecular flexibility index (Phi) is 3.46. The zero-order valence-electron chi connectivity index (χ0n) is 7.60. The number of anilines is 1. The summed E-state index contributed by atoms with van der Waals surface area (Å²) >= 11 is 2.97. The molecule has 0 saturated carbocycles. The molecule has 3 N–H and O–H groups in total. The molecule has 5 heteroatoms. The van der Waals surface area contributed by atoms with Crippen molar-refractivity contribution in [3.8, 4) is 0 Å². The van der Waals surface area contributed by atoms with Gasteiger partial charge >= 0.3 is 0 Å². The van der Waals surface area contributed by atoms with Crippen LogP contribution in [-0.4, -0.2) is 12.5 Å². The standard InChI is InChI=1S/C9H10BrFN2O/c1-2-13-9(14)5-3-4-6(11)7(10)8(5)12/h3-4H,2,12H2,1H3,(H,13,14). The predicted octanol–water partition coefficient (Wildman–Crippen LogP) is 1.92. The number of amides is 1. The van der Waals surface area contributed by atoms with E-state index in [9.17, 15) is 9.18 Å². The molecule has 0 aliphatic carbocycles. The maximum atomic E-state index is 13.0. The molecule has 0 bridgehead atoms. The third kappa shape index (κ3) is 2.04. The summed E-state index contributed by atoms with van der Waals surface area (Å²) in [6, 6.07) is 2.56. The number of rotatable bonds is 2. The van der Waals surface area contributed by atoms with E-state index < -0.39 is 5.82 Å². The number of nitrogens with two attached hydrogens (primary N) is 1. The molecule has 0 saturated heterocycles. The first-order valence-corrected chi connectivity index (χ1v) is 4.89. The van der Waals surface area contributed by atoms with Crippen LogP contribution in [0.15, 0.2) is 16.6 Å². The number of hydrogen-bond donors (Lipinski definition) is 2. The summed E-state index contributed by atoms with van der Waals surface area (Å²) in [4.78, 5) is 11.4. The quantitative estimate of drug-likeness (QED) is 0.799. The fourth-order valence-corrected chi connectivity index (χ4v) is 1.37. The third-order valence-electron chi connectivity index (χ3n) is 1.71. The molecule has 1 aromatic rings. The average Bonchev–Trinajstić information content (AvgIpc) is 2.15. The van der Waals surface area contributed by atoms with Gasteiger partial charge in [0.25, 0.3) is 5.91 Å². The van der Waals surface area contributed by atoms with Gasteiger partial charge in [0, 0.05) is 6.54 Å². The van der Waals surface area contributed by atoms with Gasteiger partial charge in [0.05, 0.1) is 15.7 Å². The first-order valence-electron chi connectivity index (χ1n) is 4.09. The molecule has 0 fully saturated rings. The molecule has 0 aliphatic rings. The molecular formula is C9H10BrFN2O. The van der Waals surface area contributed by atoms with E-state index in [0.717, 1.165) is 0 Å². The number of nitrogen functional groups attached to an aromatic ring is 1. The molecule has 0 unspecified atom stereocenters. The largest absolute Gasteiger partial charge is 0.397 e. The highest BCUT2D eigenvalue weighted by molar-refractivity contribution is 9.10. The molecule has 0 radical (unpaired) electrons. The molecule has 14 heavy (non-hydrogen) atoms. The fourth-order valence-electron chi connectivity index (χ4n) is 1.02. The van der Waals surface area contributed by atoms with Crippen LogP contribution in [0.2, 0.25) is 0 Å². The smallest absolute Gasteiger partial charge is 0.253 e. The molecule has 0 aliphatic heterocycles. The van der Waals surface area contributed by atoms with Crippen LogP contribution in [0.1, 0.15) is 17.3 Å². The first kappa shape index (κ1) is 11.0. The van der Waals surface area contributed by atoms with Crippen molar-refractivity contribution in [2.75, 3.05) is 12.3 Å². The van der Waals surface area contributed by atoms with Crippen LogP contribution in [0.4, 0.5) is 10.1 Å². The van der Waals surface area contributed by atoms with Crippen molar-refractivity contribution in [3.63, 3.8) is 0 Å². The summed E-state index contributed by atoms with van der Waals surface area (Å²) in [6.07, 6.45) is 0. The SMILES string of the molecule is CCNC(=O)c1ccc(F)c(Br)c1N. The summed E-state index contributed by atoms with van der Waals surface area (Å²) in [5.74, 6) is -0.777. The Labute approximate surface area is 89.6 Å². The normalized spacial score (nSPS) is 9.93. The second kappa shape index (κ2) is 4.41. The lowest BCUT2D eigenvalue weighted by Crippen LogP contribution is -2.23. The van der Waals surface area contributed by atoms with E-state index in [4.69, 9.17) is 5.73 Å². The summed E-state index contributed by atoms with van der Waals surface area (Å²) in [5, 5.41) is 2.59. The number of halogens is 2. The minimum absolute atomic E-state index is 0.121. The van der Waals surface area contributed by atoms with E-state index >= 15 is 0 Å². The molecule has 3 nitrogen and oxygen atoms in total. The van der Waals surface area contributed by atoms with Crippen molar-refractivity contribution in [3.05, 3.63) is 28.0 Å². The summed E-state index contributed by atoms with van der Waals surface area (Å²) in [6.45, 7) is 2.31. The van der Waals surface area contributed by atoms with Crippen molar-refractivity contribution < 1.29 is 9.18 Å². The Balaban J connectivity index is 3.11. The summed E-state index contributed by atoms with van der Waals surface area (Å²) in [5.41, 5.74) is 5.97. The molecule has 76 valence electrons. The number of benzene rings is 1. The van der Waals surface area contributed by atoms with Crippen molar-refractivity contribution in [2.24, 2.45) is 0 Å². The number of carbonyl (C=O) groups is 1. The Morgan fingerprint density at radius 3 is 2.86 bits per heavy atom. The summed E-state index contributed by atoms with van der Waals surface area (Å²) in [7, 11) is 0. The Bertz CT molecular complexity index is 368. The number of carbonyl (C=O) groups excluding carboxylic acids is 1. The molecule has 0 aromatic heterocycles. The lowest BCUT2D eigenvalue weighted by Gasteiger charge is -2.07. The lowest BCUT2D eigenvalue weighted by atomic mass is 10.1. The van der Waals surface area contributed by atoms with Crippen LogP contribution < -0.4 is 11.1 Å². The van der Waals surface area contributed by atoms with Gasteiger partial charge in [-0.05, 0) is 35.0 Å². The van der Waals surface area contributed by atoms with Gasteiger partial charge in [-0.15, -0.1) is 0 Å². The first-order chi connectivity index (χ1) is 6.57. The van der Waals surface area contributed by atoms with Crippen LogP contribution in [0.5, 0.6) is 0 Å². The topological polar surface area (TPSA) is 55.1 Å². The minimum Gasteiger partial charge on any atom is -0.397 e. The average molecular weight is 261 g/mol. The van der Waals surface area contributed by atoms with Crippen LogP contribution in [0, 0.1) is 5.82 Å². The zero-order valence-corrected chi connectivity index (χ0v) is 9.19. The maximum absolute atomic E-state index is 13.0. The minimum atomic E-state index is -0.476. The molecular weight excluding hydrogens is 251 g/mol. The number of nitrogens with one attached hydrogen (secondary N) is 1. The Morgan fingerprint density at radius 1 is 1.64 bits per heavy atom. The molecule has 0 spiro atoms. The second-order valence-corrected chi connectivity index (χ2v) is 3.48. The second-order valence-electron chi connectivity index (χ2n) is 2.68. The van der Waals surface area contributed by atoms with Gasteiger partial charge in [0.15, 0.2) is 0 Å². The van der Waals surface area contributed by atoms with E-state index in [2.05, 4.69) is 21.2 Å². The van der Waals surface area contributed by atoms with Crippen LogP contribution in [0.25, 0.3) is 0 Å². The van der Waals surface area contributed by atoms with E-state index in [-0.39, 0.29) is 21.6 Å². The van der Waals surface area contributed by atoms with Gasteiger partial charge in [-0.1, -0.05) is 0 Å². The predicted molar refractivity (Wildman–Crippen MR) is 56.5 cm³/mol. The van der Waals surface area contributed by atoms with Crippen molar-refractivity contribution in [2.45, 2.75) is 6.92 Å². The van der Waals surface area contributed by atoms with E-state index in [1.54, 1.807) is 6.92 Å². The monoisotopic (exact) mass is 260 g/mol. The molecule has 0 heterocycles. The van der Waals surface area contributed by atoms with E-state index in [0.29, 0.717) is 6.54 Å². The highest BCUT2D eigenvalue weighted by Crippen LogP contribution is 2.26. The highest BCUT2D eigenvalue weighted by atomic mass is 79.9. The lowest BCUT2D eigenvalue weighted by molar-refractivity contribution is 0.0956. The van der Waals surface area contributed by atoms with Gasteiger partial charge in [-0.25, -0.2) is 4.39 Å². The van der Waals surface area contributed by atoms with Crippen molar-refractivity contribution >= 4 is 27.5 Å². The van der Waals surface area contributed by atoms with Crippen LogP contribution in [0.3, 0.4) is 0 Å². The molecule has 1 amide bonds. The maximum Gasteiger partial charge on any atom is 0.253 e. The Morgan fingerprint density at radius 2 is 2.29 bits per heavy atom. The zero-order chi connectivity index (χ0) is 10.7. The third-order valence-corrected chi connectivity index (χ3v) is 2.52. The van der Waals surface area contributed by atoms with Gasteiger partial charge < -0.3 is 11.1 Å². The van der Waals surface area contributed by atoms with E-state index in [1.165, 1.54) is 12.1 Å². The van der Waals surface area contributed by atoms with Crippen molar-refractivity contribution in [1.82, 2.24) is 5.32 Å². The van der Waals surface area contributed by atoms with E-state index in [1.807, 2.05) is 0 Å². The van der Waals surface area contributed by atoms with Gasteiger partial charge in [0.2, 0.25) is 0 Å². The van der Waals surface area contributed by atoms with Crippen LogP contribution >= 0.6 is 15.9 Å². The molecule has 1 aromatic carbocycles. The van der Waals surface area contributed by atoms with Gasteiger partial charge in [-0.2, -0.15) is 0 Å². The fraction of sp³-hybridized carbons (Fsp3) is 0.222. The number of hydrogen-bond acceptors (Lipinski definition) is 2. The molecule has 1 rings (SSSR count). The highest BCUT2D eigenvalue weighted by Gasteiger charge is 2.13. The van der Waals surface area contributed by atoms with Crippen molar-refractivity contribution in [1.29, 1.82) is 0 Å². The van der Waals surface area contributed by atoms with Gasteiger partial charge in [-0.3, -0.25) is 4.79 Å². The van der Waals surface area contributed by atoms with Gasteiger partial charge in [0.1, 0.15) is 5.82 Å². The van der Waals surface area contributed by atoms with Crippen LogP contribution in [-0.2, 0) is 0 Å². The molecule has 0 atom stereocenters.